The summed E-state index contributed by atoms with van der Waals surface area (Å²) in [6.07, 6.45) is 5.73. The van der Waals surface area contributed by atoms with Gasteiger partial charge in [0.1, 0.15) is 0 Å². The minimum Gasteiger partial charge on any atom is -0.310 e. The van der Waals surface area contributed by atoms with Gasteiger partial charge in [-0.05, 0) is 49.9 Å². The minimum absolute atomic E-state index is 0.510. The normalized spacial score (nSPS) is 17.8. The van der Waals surface area contributed by atoms with Crippen LogP contribution in [0.2, 0.25) is 0 Å². The molecule has 1 fully saturated rings. The molecule has 0 radical (unpaired) electrons. The molecule has 1 aliphatic rings. The Morgan fingerprint density at radius 2 is 2.00 bits per heavy atom. The molecule has 1 aromatic rings. The fraction of sp³-hybridized carbons (Fsp3) is 0.647. The summed E-state index contributed by atoms with van der Waals surface area (Å²) in [6.45, 7) is 7.73. The maximum atomic E-state index is 3.67. The van der Waals surface area contributed by atoms with Crippen molar-refractivity contribution in [3.63, 3.8) is 0 Å². The second kappa shape index (κ2) is 7.35. The molecule has 2 rings (SSSR count). The van der Waals surface area contributed by atoms with Crippen molar-refractivity contribution >= 4 is 11.8 Å². The molecule has 1 aromatic carbocycles. The Balaban J connectivity index is 2.03. The molecule has 1 unspecified atom stereocenters. The third kappa shape index (κ3) is 4.00. The third-order valence-corrected chi connectivity index (χ3v) is 5.74. The highest BCUT2D eigenvalue weighted by Crippen LogP contribution is 2.33. The molecule has 1 atom stereocenters. The van der Waals surface area contributed by atoms with Gasteiger partial charge in [-0.1, -0.05) is 38.0 Å². The smallest absolute Gasteiger partial charge is 0.0414 e. The summed E-state index contributed by atoms with van der Waals surface area (Å²) in [7, 11) is 0. The van der Waals surface area contributed by atoms with Crippen LogP contribution in [0.15, 0.2) is 18.2 Å². The van der Waals surface area contributed by atoms with E-state index < -0.39 is 0 Å². The lowest BCUT2D eigenvalue weighted by molar-refractivity contribution is 0.601. The van der Waals surface area contributed by atoms with Gasteiger partial charge in [0.25, 0.3) is 0 Å². The van der Waals surface area contributed by atoms with Crippen LogP contribution in [0.3, 0.4) is 0 Å². The van der Waals surface area contributed by atoms with E-state index >= 15 is 0 Å². The van der Waals surface area contributed by atoms with E-state index in [4.69, 9.17) is 0 Å². The van der Waals surface area contributed by atoms with Crippen LogP contribution < -0.4 is 5.32 Å². The number of benzene rings is 1. The summed E-state index contributed by atoms with van der Waals surface area (Å²) in [4.78, 5) is 0. The Morgan fingerprint density at radius 1 is 1.26 bits per heavy atom. The molecule has 1 N–H and O–H groups in total. The predicted molar refractivity (Wildman–Crippen MR) is 87.0 cm³/mol. The van der Waals surface area contributed by atoms with Gasteiger partial charge >= 0.3 is 0 Å². The van der Waals surface area contributed by atoms with Crippen molar-refractivity contribution in [3.8, 4) is 0 Å². The second-order valence-electron chi connectivity index (χ2n) is 5.64. The first-order chi connectivity index (χ1) is 9.22. The largest absolute Gasteiger partial charge is 0.310 e. The molecule has 0 spiro atoms. The van der Waals surface area contributed by atoms with Crippen LogP contribution in [-0.2, 0) is 0 Å². The van der Waals surface area contributed by atoms with Gasteiger partial charge in [0.15, 0.2) is 0 Å². The minimum atomic E-state index is 0.510. The van der Waals surface area contributed by atoms with Gasteiger partial charge in [-0.15, -0.1) is 0 Å². The lowest BCUT2D eigenvalue weighted by atomic mass is 9.98. The van der Waals surface area contributed by atoms with Crippen molar-refractivity contribution in [1.82, 2.24) is 5.32 Å². The molecule has 0 bridgehead atoms. The molecule has 106 valence electrons. The van der Waals surface area contributed by atoms with E-state index in [-0.39, 0.29) is 0 Å². The Bertz CT molecular complexity index is 396. The van der Waals surface area contributed by atoms with Crippen LogP contribution in [-0.4, -0.2) is 17.5 Å². The van der Waals surface area contributed by atoms with Gasteiger partial charge in [0.2, 0.25) is 0 Å². The number of hydrogen-bond acceptors (Lipinski definition) is 2. The number of hydrogen-bond donors (Lipinski definition) is 1. The topological polar surface area (TPSA) is 12.0 Å². The van der Waals surface area contributed by atoms with Crippen molar-refractivity contribution in [2.24, 2.45) is 0 Å². The highest BCUT2D eigenvalue weighted by atomic mass is 32.2. The molecular formula is C17H27NS. The van der Waals surface area contributed by atoms with E-state index in [0.717, 1.165) is 11.8 Å². The number of thioether (sulfide) groups is 1. The zero-order valence-electron chi connectivity index (χ0n) is 12.5. The van der Waals surface area contributed by atoms with Gasteiger partial charge in [-0.3, -0.25) is 0 Å². The monoisotopic (exact) mass is 277 g/mol. The van der Waals surface area contributed by atoms with E-state index in [2.05, 4.69) is 56.0 Å². The first kappa shape index (κ1) is 14.9. The Hall–Kier alpha value is -0.470. The Kier molecular flexibility index (Phi) is 5.77. The molecule has 0 heterocycles. The van der Waals surface area contributed by atoms with Crippen molar-refractivity contribution < 1.29 is 0 Å². The molecule has 2 heteroatoms. The zero-order valence-corrected chi connectivity index (χ0v) is 13.4. The summed E-state index contributed by atoms with van der Waals surface area (Å²) in [5.74, 6) is 1.21. The van der Waals surface area contributed by atoms with E-state index in [9.17, 15) is 0 Å². The first-order valence-corrected chi connectivity index (χ1v) is 8.68. The first-order valence-electron chi connectivity index (χ1n) is 7.63. The standard InChI is InChI=1S/C17H27NS/c1-4-18-17(12-19-15-9-5-6-10-15)16-11-7-8-13(2)14(16)3/h7-8,11,15,17-18H,4-6,9-10,12H2,1-3H3. The van der Waals surface area contributed by atoms with Crippen LogP contribution >= 0.6 is 11.8 Å². The quantitative estimate of drug-likeness (QED) is 0.813. The van der Waals surface area contributed by atoms with Crippen LogP contribution in [0.25, 0.3) is 0 Å². The Morgan fingerprint density at radius 3 is 2.68 bits per heavy atom. The van der Waals surface area contributed by atoms with Crippen LogP contribution in [0.5, 0.6) is 0 Å². The van der Waals surface area contributed by atoms with Crippen LogP contribution in [0, 0.1) is 13.8 Å². The van der Waals surface area contributed by atoms with Crippen molar-refractivity contribution in [3.05, 3.63) is 34.9 Å². The molecule has 0 amide bonds. The lowest BCUT2D eigenvalue weighted by Gasteiger charge is -2.22. The summed E-state index contributed by atoms with van der Waals surface area (Å²) in [5.41, 5.74) is 4.36. The average Bonchev–Trinajstić information content (AvgIpc) is 2.91. The lowest BCUT2D eigenvalue weighted by Crippen LogP contribution is -2.24. The summed E-state index contributed by atoms with van der Waals surface area (Å²) in [5, 5.41) is 4.58. The highest BCUT2D eigenvalue weighted by molar-refractivity contribution is 7.99. The zero-order chi connectivity index (χ0) is 13.7. The SMILES string of the molecule is CCNC(CSC1CCCC1)c1cccc(C)c1C. The Labute approximate surface area is 122 Å². The summed E-state index contributed by atoms with van der Waals surface area (Å²) >= 11 is 2.18. The fourth-order valence-corrected chi connectivity index (χ4v) is 4.37. The van der Waals surface area contributed by atoms with Gasteiger partial charge in [0.05, 0.1) is 0 Å². The van der Waals surface area contributed by atoms with Crippen molar-refractivity contribution in [2.45, 2.75) is 57.7 Å². The summed E-state index contributed by atoms with van der Waals surface area (Å²) < 4.78 is 0. The van der Waals surface area contributed by atoms with E-state index in [1.807, 2.05) is 0 Å². The van der Waals surface area contributed by atoms with E-state index in [1.165, 1.54) is 48.1 Å². The molecule has 0 aliphatic heterocycles. The molecule has 0 saturated heterocycles. The molecule has 0 aromatic heterocycles. The van der Waals surface area contributed by atoms with Gasteiger partial charge in [0, 0.05) is 17.0 Å². The van der Waals surface area contributed by atoms with Crippen molar-refractivity contribution in [1.29, 1.82) is 0 Å². The molecule has 1 nitrogen and oxygen atoms in total. The molecule has 19 heavy (non-hydrogen) atoms. The predicted octanol–water partition coefficient (Wildman–Crippen LogP) is 4.63. The number of aryl methyl sites for hydroxylation is 1. The van der Waals surface area contributed by atoms with E-state index in [1.54, 1.807) is 0 Å². The van der Waals surface area contributed by atoms with Gasteiger partial charge in [-0.25, -0.2) is 0 Å². The summed E-state index contributed by atoms with van der Waals surface area (Å²) in [6, 6.07) is 7.22. The van der Waals surface area contributed by atoms with E-state index in [0.29, 0.717) is 6.04 Å². The van der Waals surface area contributed by atoms with Crippen molar-refractivity contribution in [2.75, 3.05) is 12.3 Å². The van der Waals surface area contributed by atoms with Crippen LogP contribution in [0.4, 0.5) is 0 Å². The third-order valence-electron chi connectivity index (χ3n) is 4.27. The number of rotatable bonds is 6. The number of nitrogens with one attached hydrogen (secondary N) is 1. The highest BCUT2D eigenvalue weighted by Gasteiger charge is 2.19. The molecular weight excluding hydrogens is 250 g/mol. The molecule has 1 saturated carbocycles. The maximum Gasteiger partial charge on any atom is 0.0414 e. The maximum absolute atomic E-state index is 3.67. The second-order valence-corrected chi connectivity index (χ2v) is 6.97. The van der Waals surface area contributed by atoms with Gasteiger partial charge in [-0.2, -0.15) is 11.8 Å². The fourth-order valence-electron chi connectivity index (χ4n) is 2.94. The molecule has 1 aliphatic carbocycles. The average molecular weight is 277 g/mol. The van der Waals surface area contributed by atoms with Crippen LogP contribution in [0.1, 0.15) is 55.3 Å². The van der Waals surface area contributed by atoms with Gasteiger partial charge < -0.3 is 5.32 Å².